The Bertz CT molecular complexity index is 1500. The molecule has 1 aliphatic heterocycles. The Balaban J connectivity index is 1.34. The highest BCUT2D eigenvalue weighted by atomic mass is 19.1. The smallest absolute Gasteiger partial charge is 0.253 e. The van der Waals surface area contributed by atoms with Gasteiger partial charge in [-0.2, -0.15) is 0 Å². The maximum absolute atomic E-state index is 13.9. The zero-order chi connectivity index (χ0) is 29.0. The number of nitrogens with zero attached hydrogens (tertiary/aromatic N) is 2. The third-order valence-electron chi connectivity index (χ3n) is 7.74. The molecule has 1 heterocycles. The van der Waals surface area contributed by atoms with Crippen molar-refractivity contribution in [3.05, 3.63) is 126 Å². The summed E-state index contributed by atoms with van der Waals surface area (Å²) in [5.74, 6) is -1.51. The lowest BCUT2D eigenvalue weighted by atomic mass is 9.72. The first-order valence-electron chi connectivity index (χ1n) is 13.5. The van der Waals surface area contributed by atoms with Gasteiger partial charge in [-0.05, 0) is 97.1 Å². The first-order chi connectivity index (χ1) is 19.8. The topological polar surface area (TPSA) is 52.7 Å². The van der Waals surface area contributed by atoms with Gasteiger partial charge in [-0.1, -0.05) is 36.4 Å². The van der Waals surface area contributed by atoms with Crippen molar-refractivity contribution in [1.29, 1.82) is 0 Å². The van der Waals surface area contributed by atoms with Crippen LogP contribution in [0.15, 0.2) is 97.1 Å². The van der Waals surface area contributed by atoms with Gasteiger partial charge in [-0.3, -0.25) is 20.0 Å². The molecule has 2 amide bonds. The summed E-state index contributed by atoms with van der Waals surface area (Å²) in [5.41, 5.74) is 5.52. The number of benzene rings is 4. The first kappa shape index (κ1) is 28.0. The molecule has 0 saturated carbocycles. The largest absolute Gasteiger partial charge is 0.339 e. The number of carbonyl (C=O) groups is 2. The van der Waals surface area contributed by atoms with Crippen molar-refractivity contribution in [2.24, 2.45) is 0 Å². The molecule has 0 aromatic heterocycles. The Morgan fingerprint density at radius 3 is 1.71 bits per heavy atom. The Hall–Kier alpha value is -4.59. The van der Waals surface area contributed by atoms with Crippen LogP contribution in [0.5, 0.6) is 0 Å². The van der Waals surface area contributed by atoms with E-state index in [4.69, 9.17) is 0 Å². The fourth-order valence-corrected chi connectivity index (χ4v) is 5.31. The van der Waals surface area contributed by atoms with Crippen molar-refractivity contribution in [3.8, 4) is 11.1 Å². The normalized spacial score (nSPS) is 14.4. The van der Waals surface area contributed by atoms with E-state index in [1.807, 2.05) is 19.1 Å². The van der Waals surface area contributed by atoms with E-state index in [2.05, 4.69) is 5.43 Å². The molecule has 1 fully saturated rings. The third kappa shape index (κ3) is 5.96. The van der Waals surface area contributed by atoms with Crippen LogP contribution in [0.3, 0.4) is 0 Å². The molecule has 1 N–H and O–H groups in total. The monoisotopic (exact) mass is 557 g/mol. The van der Waals surface area contributed by atoms with E-state index < -0.39 is 11.2 Å². The number of anilines is 1. The van der Waals surface area contributed by atoms with E-state index in [1.54, 1.807) is 58.4 Å². The van der Waals surface area contributed by atoms with Gasteiger partial charge in [0.05, 0.1) is 11.1 Å². The van der Waals surface area contributed by atoms with Crippen LogP contribution in [0.1, 0.15) is 35.7 Å². The predicted octanol–water partition coefficient (Wildman–Crippen LogP) is 6.50. The third-order valence-corrected chi connectivity index (χ3v) is 7.74. The molecule has 4 aromatic carbocycles. The van der Waals surface area contributed by atoms with E-state index in [-0.39, 0.29) is 23.4 Å². The lowest BCUT2D eigenvalue weighted by Gasteiger charge is -2.42. The van der Waals surface area contributed by atoms with Gasteiger partial charge in [0.25, 0.3) is 5.91 Å². The molecule has 5 nitrogen and oxygen atoms in total. The molecule has 0 aliphatic carbocycles. The SMILES string of the molecule is CCN(NC(=O)C1(c2ccc(F)cc2)CCN(C(=O)c2ccc(-c3ccc(F)cc3)cc2)CC1)c1ccc(F)cc1. The summed E-state index contributed by atoms with van der Waals surface area (Å²) in [6.07, 6.45) is 0.676. The molecular weight excluding hydrogens is 527 g/mol. The second-order valence-corrected chi connectivity index (χ2v) is 10.1. The maximum atomic E-state index is 13.9. The summed E-state index contributed by atoms with van der Waals surface area (Å²) in [7, 11) is 0. The minimum absolute atomic E-state index is 0.148. The number of amides is 2. The number of hydrogen-bond donors (Lipinski definition) is 1. The fraction of sp³-hybridized carbons (Fsp3) is 0.212. The van der Waals surface area contributed by atoms with Gasteiger partial charge < -0.3 is 4.90 Å². The zero-order valence-corrected chi connectivity index (χ0v) is 22.6. The molecule has 8 heteroatoms. The van der Waals surface area contributed by atoms with Crippen molar-refractivity contribution in [1.82, 2.24) is 10.3 Å². The Morgan fingerprint density at radius 2 is 1.20 bits per heavy atom. The van der Waals surface area contributed by atoms with Gasteiger partial charge in [0.15, 0.2) is 0 Å². The van der Waals surface area contributed by atoms with Crippen LogP contribution in [-0.2, 0) is 10.2 Å². The number of halogens is 3. The van der Waals surface area contributed by atoms with E-state index in [9.17, 15) is 22.8 Å². The fourth-order valence-electron chi connectivity index (χ4n) is 5.31. The average molecular weight is 558 g/mol. The van der Waals surface area contributed by atoms with Crippen LogP contribution in [0, 0.1) is 17.5 Å². The van der Waals surface area contributed by atoms with E-state index in [0.29, 0.717) is 49.3 Å². The van der Waals surface area contributed by atoms with Crippen LogP contribution in [0.4, 0.5) is 18.9 Å². The lowest BCUT2D eigenvalue weighted by Crippen LogP contribution is -2.56. The van der Waals surface area contributed by atoms with Crippen molar-refractivity contribution in [2.45, 2.75) is 25.2 Å². The minimum atomic E-state index is -0.996. The molecule has 5 rings (SSSR count). The predicted molar refractivity (Wildman–Crippen MR) is 153 cm³/mol. The van der Waals surface area contributed by atoms with Gasteiger partial charge >= 0.3 is 0 Å². The highest BCUT2D eigenvalue weighted by molar-refractivity contribution is 5.95. The maximum Gasteiger partial charge on any atom is 0.253 e. The first-order valence-corrected chi connectivity index (χ1v) is 13.5. The molecule has 0 spiro atoms. The zero-order valence-electron chi connectivity index (χ0n) is 22.6. The highest BCUT2D eigenvalue weighted by Crippen LogP contribution is 2.37. The summed E-state index contributed by atoms with van der Waals surface area (Å²) < 4.78 is 40.5. The van der Waals surface area contributed by atoms with Crippen LogP contribution in [0.2, 0.25) is 0 Å². The quantitative estimate of drug-likeness (QED) is 0.264. The average Bonchev–Trinajstić information content (AvgIpc) is 3.01. The van der Waals surface area contributed by atoms with Gasteiger partial charge in [-0.15, -0.1) is 0 Å². The van der Waals surface area contributed by atoms with Crippen molar-refractivity contribution >= 4 is 17.5 Å². The van der Waals surface area contributed by atoms with E-state index in [1.165, 1.54) is 36.4 Å². The molecule has 41 heavy (non-hydrogen) atoms. The van der Waals surface area contributed by atoms with Gasteiger partial charge in [-0.25, -0.2) is 13.2 Å². The van der Waals surface area contributed by atoms with E-state index in [0.717, 1.165) is 11.1 Å². The molecular formula is C33H30F3N3O2. The molecule has 0 atom stereocenters. The Kier molecular flexibility index (Phi) is 8.10. The van der Waals surface area contributed by atoms with Crippen LogP contribution in [-0.4, -0.2) is 36.3 Å². The standard InChI is InChI=1S/C33H30F3N3O2/c1-2-39(30-17-15-29(36)16-18-30)37-32(41)33(26-9-13-28(35)14-10-26)19-21-38(22-20-33)31(40)25-5-3-23(4-6-25)24-7-11-27(34)12-8-24/h3-18H,2,19-22H2,1H3,(H,37,41). The van der Waals surface area contributed by atoms with Gasteiger partial charge in [0, 0.05) is 25.2 Å². The summed E-state index contributed by atoms with van der Waals surface area (Å²) >= 11 is 0. The van der Waals surface area contributed by atoms with Crippen LogP contribution >= 0.6 is 0 Å². The molecule has 1 saturated heterocycles. The number of hydrogen-bond acceptors (Lipinski definition) is 3. The number of piperidine rings is 1. The molecule has 0 unspecified atom stereocenters. The van der Waals surface area contributed by atoms with Crippen molar-refractivity contribution in [3.63, 3.8) is 0 Å². The number of hydrazine groups is 1. The Labute approximate surface area is 237 Å². The number of nitrogens with one attached hydrogen (secondary N) is 1. The molecule has 4 aromatic rings. The summed E-state index contributed by atoms with van der Waals surface area (Å²) in [5, 5.41) is 1.65. The molecule has 0 bridgehead atoms. The molecule has 210 valence electrons. The molecule has 0 radical (unpaired) electrons. The Morgan fingerprint density at radius 1 is 0.732 bits per heavy atom. The van der Waals surface area contributed by atoms with Crippen LogP contribution in [0.25, 0.3) is 11.1 Å². The van der Waals surface area contributed by atoms with Crippen molar-refractivity contribution < 1.29 is 22.8 Å². The second-order valence-electron chi connectivity index (χ2n) is 10.1. The highest BCUT2D eigenvalue weighted by Gasteiger charge is 2.44. The summed E-state index contributed by atoms with van der Waals surface area (Å²) in [6, 6.07) is 25.1. The lowest BCUT2D eigenvalue weighted by molar-refractivity contribution is -0.128. The minimum Gasteiger partial charge on any atom is -0.339 e. The van der Waals surface area contributed by atoms with Gasteiger partial charge in [0.2, 0.25) is 5.91 Å². The second kappa shape index (κ2) is 11.9. The number of rotatable bonds is 7. The van der Waals surface area contributed by atoms with Crippen molar-refractivity contribution in [2.75, 3.05) is 24.6 Å². The van der Waals surface area contributed by atoms with E-state index >= 15 is 0 Å². The molecule has 1 aliphatic rings. The summed E-state index contributed by atoms with van der Waals surface area (Å²) in [4.78, 5) is 29.0. The number of carbonyl (C=O) groups excluding carboxylic acids is 2. The van der Waals surface area contributed by atoms with Gasteiger partial charge in [0.1, 0.15) is 17.5 Å². The number of likely N-dealkylation sites (tertiary alicyclic amines) is 1. The van der Waals surface area contributed by atoms with Crippen LogP contribution < -0.4 is 10.4 Å². The summed E-state index contributed by atoms with van der Waals surface area (Å²) in [6.45, 7) is 2.96.